The number of aromatic nitrogens is 4. The third kappa shape index (κ3) is 4.38. The number of rotatable bonds is 7. The van der Waals surface area contributed by atoms with Gasteiger partial charge in [-0.3, -0.25) is 14.2 Å². The van der Waals surface area contributed by atoms with E-state index < -0.39 is 0 Å². The number of nitrogens with one attached hydrogen (secondary N) is 1. The molecule has 10 heteroatoms. The van der Waals surface area contributed by atoms with E-state index in [4.69, 9.17) is 16.1 Å². The summed E-state index contributed by atoms with van der Waals surface area (Å²) < 4.78 is 6.77. The van der Waals surface area contributed by atoms with Crippen molar-refractivity contribution in [3.8, 4) is 22.2 Å². The number of amides is 1. The lowest BCUT2D eigenvalue weighted by atomic mass is 10.2. The van der Waals surface area contributed by atoms with Gasteiger partial charge in [0, 0.05) is 17.1 Å². The highest BCUT2D eigenvalue weighted by Crippen LogP contribution is 2.35. The minimum atomic E-state index is -0.273. The summed E-state index contributed by atoms with van der Waals surface area (Å²) in [6.45, 7) is 4.38. The van der Waals surface area contributed by atoms with Gasteiger partial charge in [0.2, 0.25) is 11.7 Å². The van der Waals surface area contributed by atoms with Gasteiger partial charge in [-0.1, -0.05) is 42.2 Å². The zero-order valence-corrected chi connectivity index (χ0v) is 18.6. The standard InChI is InChI=1S/C21H20ClN5O3S/c1-3-4-8-23-15(28)10-27-11-24-20-16(21(27)29)12(2)17(31-20)19-25-18(26-30-19)13-6-5-7-14(22)9-13/h5-7,9,11H,3-4,8,10H2,1-2H3,(H,23,28). The normalized spacial score (nSPS) is 11.2. The lowest BCUT2D eigenvalue weighted by Crippen LogP contribution is -2.32. The first-order chi connectivity index (χ1) is 15.0. The van der Waals surface area contributed by atoms with E-state index in [-0.39, 0.29) is 18.0 Å². The Kier molecular flexibility index (Phi) is 6.15. The highest BCUT2D eigenvalue weighted by molar-refractivity contribution is 7.22. The van der Waals surface area contributed by atoms with E-state index in [0.29, 0.717) is 43.9 Å². The Bertz CT molecular complexity index is 1310. The first-order valence-electron chi connectivity index (χ1n) is 9.83. The first-order valence-corrected chi connectivity index (χ1v) is 11.0. The summed E-state index contributed by atoms with van der Waals surface area (Å²) in [7, 11) is 0. The van der Waals surface area contributed by atoms with Gasteiger partial charge in [0.1, 0.15) is 11.4 Å². The summed E-state index contributed by atoms with van der Waals surface area (Å²) in [6.07, 6.45) is 3.28. The maximum Gasteiger partial charge on any atom is 0.268 e. The molecule has 0 unspecified atom stereocenters. The molecule has 0 bridgehead atoms. The number of carbonyl (C=O) groups excluding carboxylic acids is 1. The zero-order valence-electron chi connectivity index (χ0n) is 17.0. The summed E-state index contributed by atoms with van der Waals surface area (Å²) in [4.78, 5) is 35.2. The van der Waals surface area contributed by atoms with E-state index in [9.17, 15) is 9.59 Å². The smallest absolute Gasteiger partial charge is 0.268 e. The molecule has 0 saturated carbocycles. The van der Waals surface area contributed by atoms with Crippen LogP contribution in [0.2, 0.25) is 5.02 Å². The average molecular weight is 458 g/mol. The molecule has 0 fully saturated rings. The monoisotopic (exact) mass is 457 g/mol. The quantitative estimate of drug-likeness (QED) is 0.420. The summed E-state index contributed by atoms with van der Waals surface area (Å²) >= 11 is 7.34. The van der Waals surface area contributed by atoms with Crippen LogP contribution < -0.4 is 10.9 Å². The van der Waals surface area contributed by atoms with Crippen molar-refractivity contribution in [3.05, 3.63) is 51.5 Å². The number of nitrogens with zero attached hydrogens (tertiary/aromatic N) is 4. The lowest BCUT2D eigenvalue weighted by Gasteiger charge is -2.06. The number of hydrogen-bond acceptors (Lipinski definition) is 7. The molecule has 1 N–H and O–H groups in total. The first kappa shape index (κ1) is 21.2. The molecule has 31 heavy (non-hydrogen) atoms. The number of fused-ring (bicyclic) bond motifs is 1. The number of unbranched alkanes of at least 4 members (excludes halogenated alkanes) is 1. The minimum Gasteiger partial charge on any atom is -0.355 e. The van der Waals surface area contributed by atoms with Gasteiger partial charge in [0.15, 0.2) is 0 Å². The molecule has 1 aromatic carbocycles. The van der Waals surface area contributed by atoms with Crippen molar-refractivity contribution < 1.29 is 9.32 Å². The molecule has 0 radical (unpaired) electrons. The second-order valence-electron chi connectivity index (χ2n) is 7.05. The molecule has 0 spiro atoms. The Morgan fingerprint density at radius 3 is 2.97 bits per heavy atom. The number of carbonyl (C=O) groups is 1. The van der Waals surface area contributed by atoms with Crippen LogP contribution in [-0.4, -0.2) is 32.1 Å². The van der Waals surface area contributed by atoms with Gasteiger partial charge in [-0.05, 0) is 31.0 Å². The van der Waals surface area contributed by atoms with Gasteiger partial charge in [0.05, 0.1) is 16.6 Å². The Hall–Kier alpha value is -3.04. The molecule has 0 aliphatic carbocycles. The number of hydrogen-bond donors (Lipinski definition) is 1. The third-order valence-corrected chi connectivity index (χ3v) is 6.21. The molecular formula is C21H20ClN5O3S. The predicted octanol–water partition coefficient (Wildman–Crippen LogP) is 4.05. The minimum absolute atomic E-state index is 0.0738. The largest absolute Gasteiger partial charge is 0.355 e. The van der Waals surface area contributed by atoms with E-state index in [1.807, 2.05) is 26.0 Å². The maximum absolute atomic E-state index is 13.0. The lowest BCUT2D eigenvalue weighted by molar-refractivity contribution is -0.121. The number of thiophene rings is 1. The molecule has 3 heterocycles. The van der Waals surface area contributed by atoms with Crippen molar-refractivity contribution in [2.45, 2.75) is 33.2 Å². The fourth-order valence-corrected chi connectivity index (χ4v) is 4.40. The fraction of sp³-hybridized carbons (Fsp3) is 0.286. The van der Waals surface area contributed by atoms with Gasteiger partial charge in [-0.2, -0.15) is 4.98 Å². The molecule has 0 atom stereocenters. The third-order valence-electron chi connectivity index (χ3n) is 4.79. The second kappa shape index (κ2) is 8.99. The predicted molar refractivity (Wildman–Crippen MR) is 120 cm³/mol. The van der Waals surface area contributed by atoms with E-state index in [1.165, 1.54) is 22.2 Å². The number of benzene rings is 1. The van der Waals surface area contributed by atoms with Crippen molar-refractivity contribution in [2.24, 2.45) is 0 Å². The molecule has 0 aliphatic heterocycles. The average Bonchev–Trinajstić information content (AvgIpc) is 3.35. The van der Waals surface area contributed by atoms with Crippen molar-refractivity contribution in [1.29, 1.82) is 0 Å². The molecule has 4 rings (SSSR count). The van der Waals surface area contributed by atoms with E-state index in [2.05, 4.69) is 20.4 Å². The van der Waals surface area contributed by atoms with Crippen LogP contribution in [0.15, 0.2) is 39.9 Å². The van der Waals surface area contributed by atoms with E-state index in [1.54, 1.807) is 12.1 Å². The van der Waals surface area contributed by atoms with Gasteiger partial charge in [-0.25, -0.2) is 4.98 Å². The van der Waals surface area contributed by atoms with Gasteiger partial charge >= 0.3 is 0 Å². The SMILES string of the molecule is CCCCNC(=O)Cn1cnc2sc(-c3nc(-c4cccc(Cl)c4)no3)c(C)c2c1=O. The maximum atomic E-state index is 13.0. The van der Waals surface area contributed by atoms with Crippen LogP contribution in [0.25, 0.3) is 32.4 Å². The van der Waals surface area contributed by atoms with Crippen LogP contribution in [0.4, 0.5) is 0 Å². The topological polar surface area (TPSA) is 103 Å². The van der Waals surface area contributed by atoms with E-state index in [0.717, 1.165) is 18.4 Å². The van der Waals surface area contributed by atoms with Gasteiger partial charge in [-0.15, -0.1) is 11.3 Å². The summed E-state index contributed by atoms with van der Waals surface area (Å²) in [5.41, 5.74) is 1.15. The van der Waals surface area contributed by atoms with Crippen molar-refractivity contribution in [1.82, 2.24) is 25.0 Å². The molecule has 0 saturated heterocycles. The highest BCUT2D eigenvalue weighted by atomic mass is 35.5. The number of halogens is 1. The number of aryl methyl sites for hydroxylation is 1. The molecular weight excluding hydrogens is 438 g/mol. The van der Waals surface area contributed by atoms with Gasteiger partial charge in [0.25, 0.3) is 11.4 Å². The fourth-order valence-electron chi connectivity index (χ4n) is 3.15. The Morgan fingerprint density at radius 2 is 2.19 bits per heavy atom. The van der Waals surface area contributed by atoms with Crippen molar-refractivity contribution >= 4 is 39.1 Å². The Balaban J connectivity index is 1.65. The van der Waals surface area contributed by atoms with Crippen molar-refractivity contribution in [3.63, 3.8) is 0 Å². The molecule has 3 aromatic heterocycles. The molecule has 4 aromatic rings. The van der Waals surface area contributed by atoms with Crippen LogP contribution in [0.3, 0.4) is 0 Å². The van der Waals surface area contributed by atoms with Crippen molar-refractivity contribution in [2.75, 3.05) is 6.54 Å². The van der Waals surface area contributed by atoms with Crippen LogP contribution in [0.5, 0.6) is 0 Å². The van der Waals surface area contributed by atoms with E-state index >= 15 is 0 Å². The molecule has 160 valence electrons. The second-order valence-corrected chi connectivity index (χ2v) is 8.49. The summed E-state index contributed by atoms with van der Waals surface area (Å²) in [5.74, 6) is 0.495. The van der Waals surface area contributed by atoms with Crippen LogP contribution >= 0.6 is 22.9 Å². The summed E-state index contributed by atoms with van der Waals surface area (Å²) in [6, 6.07) is 7.16. The van der Waals surface area contributed by atoms with Crippen LogP contribution in [-0.2, 0) is 11.3 Å². The molecule has 1 amide bonds. The van der Waals surface area contributed by atoms with Gasteiger partial charge < -0.3 is 9.84 Å². The zero-order chi connectivity index (χ0) is 22.0. The Morgan fingerprint density at radius 1 is 1.35 bits per heavy atom. The van der Waals surface area contributed by atoms with Crippen LogP contribution in [0.1, 0.15) is 25.3 Å². The summed E-state index contributed by atoms with van der Waals surface area (Å²) in [5, 5.41) is 7.87. The molecule has 0 aliphatic rings. The molecule has 8 nitrogen and oxygen atoms in total. The van der Waals surface area contributed by atoms with Crippen LogP contribution in [0, 0.1) is 6.92 Å². The Labute approximate surface area is 186 Å². The highest BCUT2D eigenvalue weighted by Gasteiger charge is 2.21.